The van der Waals surface area contributed by atoms with E-state index < -0.39 is 10.0 Å². The molecule has 3 heterocycles. The van der Waals surface area contributed by atoms with E-state index in [1.54, 1.807) is 10.5 Å². The third kappa shape index (κ3) is 4.06. The molecule has 0 aliphatic carbocycles. The van der Waals surface area contributed by atoms with Gasteiger partial charge in [0.25, 0.3) is 0 Å². The van der Waals surface area contributed by atoms with Gasteiger partial charge in [0.15, 0.2) is 5.82 Å². The average Bonchev–Trinajstić information content (AvgIpc) is 2.54. The summed E-state index contributed by atoms with van der Waals surface area (Å²) in [6.07, 6.45) is 4.69. The second-order valence-corrected chi connectivity index (χ2v) is 8.29. The number of sulfonamides is 1. The van der Waals surface area contributed by atoms with E-state index in [2.05, 4.69) is 14.9 Å². The van der Waals surface area contributed by atoms with E-state index in [0.29, 0.717) is 25.7 Å². The molecule has 2 saturated heterocycles. The highest BCUT2D eigenvalue weighted by Gasteiger charge is 2.32. The molecule has 1 aromatic heterocycles. The van der Waals surface area contributed by atoms with Crippen LogP contribution in [0.25, 0.3) is 0 Å². The molecule has 3 rings (SSSR count). The minimum Gasteiger partial charge on any atom is -0.368 e. The molecule has 23 heavy (non-hydrogen) atoms. The molecule has 0 saturated carbocycles. The van der Waals surface area contributed by atoms with Gasteiger partial charge < -0.3 is 4.74 Å². The SMILES string of the molecule is Cc1ccnc([C@@H]2CN(C3CCN(S(C)(=O)=O)CC3)CCO2)n1. The first-order chi connectivity index (χ1) is 10.9. The van der Waals surface area contributed by atoms with Crippen LogP contribution in [-0.4, -0.2) is 72.7 Å². The van der Waals surface area contributed by atoms with E-state index in [4.69, 9.17) is 4.74 Å². The number of piperidine rings is 1. The van der Waals surface area contributed by atoms with Crippen molar-refractivity contribution in [3.8, 4) is 0 Å². The molecular weight excluding hydrogens is 316 g/mol. The van der Waals surface area contributed by atoms with Crippen LogP contribution < -0.4 is 0 Å². The quantitative estimate of drug-likeness (QED) is 0.801. The molecule has 7 nitrogen and oxygen atoms in total. The molecule has 0 aromatic carbocycles. The fraction of sp³-hybridized carbons (Fsp3) is 0.733. The first kappa shape index (κ1) is 16.8. The number of aromatic nitrogens is 2. The van der Waals surface area contributed by atoms with Gasteiger partial charge in [0.05, 0.1) is 12.9 Å². The van der Waals surface area contributed by atoms with Crippen molar-refractivity contribution >= 4 is 10.0 Å². The molecule has 2 aliphatic heterocycles. The molecular formula is C15H24N4O3S. The number of hydrogen-bond donors (Lipinski definition) is 0. The van der Waals surface area contributed by atoms with Gasteiger partial charge in [0.2, 0.25) is 10.0 Å². The van der Waals surface area contributed by atoms with E-state index in [0.717, 1.165) is 37.4 Å². The molecule has 1 atom stereocenters. The largest absolute Gasteiger partial charge is 0.368 e. The second kappa shape index (κ2) is 6.80. The van der Waals surface area contributed by atoms with Crippen molar-refractivity contribution in [2.24, 2.45) is 0 Å². The van der Waals surface area contributed by atoms with Gasteiger partial charge in [-0.1, -0.05) is 0 Å². The summed E-state index contributed by atoms with van der Waals surface area (Å²) in [5, 5.41) is 0. The molecule has 0 bridgehead atoms. The lowest BCUT2D eigenvalue weighted by molar-refractivity contribution is -0.0547. The van der Waals surface area contributed by atoms with Gasteiger partial charge in [-0.05, 0) is 25.8 Å². The van der Waals surface area contributed by atoms with Gasteiger partial charge in [-0.3, -0.25) is 4.90 Å². The number of aryl methyl sites for hydroxylation is 1. The Labute approximate surface area is 137 Å². The fourth-order valence-electron chi connectivity index (χ4n) is 3.32. The number of nitrogens with zero attached hydrogens (tertiary/aromatic N) is 4. The smallest absolute Gasteiger partial charge is 0.211 e. The highest BCUT2D eigenvalue weighted by molar-refractivity contribution is 7.88. The van der Waals surface area contributed by atoms with Gasteiger partial charge in [-0.2, -0.15) is 0 Å². The Kier molecular flexibility index (Phi) is 4.96. The molecule has 128 valence electrons. The summed E-state index contributed by atoms with van der Waals surface area (Å²) >= 11 is 0. The summed E-state index contributed by atoms with van der Waals surface area (Å²) in [6.45, 7) is 5.47. The first-order valence-electron chi connectivity index (χ1n) is 8.04. The van der Waals surface area contributed by atoms with Gasteiger partial charge in [0, 0.05) is 44.1 Å². The number of rotatable bonds is 3. The van der Waals surface area contributed by atoms with E-state index >= 15 is 0 Å². The lowest BCUT2D eigenvalue weighted by Crippen LogP contribution is -2.50. The maximum atomic E-state index is 11.6. The van der Waals surface area contributed by atoms with Crippen molar-refractivity contribution in [1.29, 1.82) is 0 Å². The lowest BCUT2D eigenvalue weighted by Gasteiger charge is -2.41. The summed E-state index contributed by atoms with van der Waals surface area (Å²) in [4.78, 5) is 11.2. The molecule has 0 amide bonds. The van der Waals surface area contributed by atoms with E-state index in [-0.39, 0.29) is 6.10 Å². The van der Waals surface area contributed by atoms with E-state index in [1.165, 1.54) is 6.26 Å². The molecule has 2 aliphatic rings. The van der Waals surface area contributed by atoms with Crippen molar-refractivity contribution in [2.75, 3.05) is 39.0 Å². The van der Waals surface area contributed by atoms with Crippen LogP contribution in [0.3, 0.4) is 0 Å². The Morgan fingerprint density at radius 1 is 1.26 bits per heavy atom. The Morgan fingerprint density at radius 3 is 2.65 bits per heavy atom. The summed E-state index contributed by atoms with van der Waals surface area (Å²) in [5.74, 6) is 0.739. The third-order valence-electron chi connectivity index (χ3n) is 4.61. The minimum absolute atomic E-state index is 0.100. The fourth-order valence-corrected chi connectivity index (χ4v) is 4.19. The van der Waals surface area contributed by atoms with Crippen LogP contribution >= 0.6 is 0 Å². The monoisotopic (exact) mass is 340 g/mol. The Balaban J connectivity index is 1.61. The predicted octanol–water partition coefficient (Wildman–Crippen LogP) is 0.582. The molecule has 0 unspecified atom stereocenters. The van der Waals surface area contributed by atoms with Crippen molar-refractivity contribution in [2.45, 2.75) is 31.9 Å². The topological polar surface area (TPSA) is 75.6 Å². The maximum absolute atomic E-state index is 11.6. The molecule has 8 heteroatoms. The molecule has 0 spiro atoms. The van der Waals surface area contributed by atoms with Gasteiger partial charge >= 0.3 is 0 Å². The van der Waals surface area contributed by atoms with Gasteiger partial charge in [0.1, 0.15) is 6.10 Å². The number of morpholine rings is 1. The summed E-state index contributed by atoms with van der Waals surface area (Å²) in [7, 11) is -3.07. The Morgan fingerprint density at radius 2 is 2.00 bits per heavy atom. The normalized spacial score (nSPS) is 25.6. The van der Waals surface area contributed by atoms with E-state index in [9.17, 15) is 8.42 Å². The molecule has 0 N–H and O–H groups in total. The highest BCUT2D eigenvalue weighted by Crippen LogP contribution is 2.25. The summed E-state index contributed by atoms with van der Waals surface area (Å²) in [6, 6.07) is 2.29. The van der Waals surface area contributed by atoms with Crippen LogP contribution in [0.2, 0.25) is 0 Å². The molecule has 2 fully saturated rings. The number of ether oxygens (including phenoxy) is 1. The van der Waals surface area contributed by atoms with Crippen LogP contribution in [0.1, 0.15) is 30.5 Å². The minimum atomic E-state index is -3.07. The zero-order valence-electron chi connectivity index (χ0n) is 13.7. The zero-order chi connectivity index (χ0) is 16.4. The number of hydrogen-bond acceptors (Lipinski definition) is 6. The van der Waals surface area contributed by atoms with Crippen LogP contribution in [-0.2, 0) is 14.8 Å². The standard InChI is InChI=1S/C15H24N4O3S/c1-12-3-6-16-15(17-12)14-11-18(9-10-22-14)13-4-7-19(8-5-13)23(2,20)21/h3,6,13-14H,4-5,7-11H2,1-2H3/t14-/m0/s1. The van der Waals surface area contributed by atoms with Crippen LogP contribution in [0, 0.1) is 6.92 Å². The van der Waals surface area contributed by atoms with Crippen LogP contribution in [0.4, 0.5) is 0 Å². The second-order valence-electron chi connectivity index (χ2n) is 6.30. The van der Waals surface area contributed by atoms with Crippen molar-refractivity contribution < 1.29 is 13.2 Å². The predicted molar refractivity (Wildman–Crippen MR) is 86.5 cm³/mol. The zero-order valence-corrected chi connectivity index (χ0v) is 14.5. The third-order valence-corrected chi connectivity index (χ3v) is 5.91. The molecule has 1 aromatic rings. The van der Waals surface area contributed by atoms with Crippen molar-refractivity contribution in [1.82, 2.24) is 19.2 Å². The highest BCUT2D eigenvalue weighted by atomic mass is 32.2. The van der Waals surface area contributed by atoms with Gasteiger partial charge in [-0.25, -0.2) is 22.7 Å². The first-order valence-corrected chi connectivity index (χ1v) is 9.88. The van der Waals surface area contributed by atoms with Crippen LogP contribution in [0.15, 0.2) is 12.3 Å². The Hall–Kier alpha value is -1.09. The van der Waals surface area contributed by atoms with Crippen molar-refractivity contribution in [3.63, 3.8) is 0 Å². The summed E-state index contributed by atoms with van der Waals surface area (Å²) < 4.78 is 30.6. The summed E-state index contributed by atoms with van der Waals surface area (Å²) in [5.41, 5.74) is 0.942. The molecule has 0 radical (unpaired) electrons. The lowest BCUT2D eigenvalue weighted by atomic mass is 10.0. The maximum Gasteiger partial charge on any atom is 0.211 e. The van der Waals surface area contributed by atoms with E-state index in [1.807, 2.05) is 13.0 Å². The van der Waals surface area contributed by atoms with Crippen LogP contribution in [0.5, 0.6) is 0 Å². The van der Waals surface area contributed by atoms with Gasteiger partial charge in [-0.15, -0.1) is 0 Å². The average molecular weight is 340 g/mol. The Bertz CT molecular complexity index is 644. The van der Waals surface area contributed by atoms with Crippen molar-refractivity contribution in [3.05, 3.63) is 23.8 Å².